The molecule has 0 bridgehead atoms. The molecule has 0 aliphatic carbocycles. The Bertz CT molecular complexity index is 811. The lowest BCUT2D eigenvalue weighted by molar-refractivity contribution is 0.0524. The molecular weight excluding hydrogens is 345 g/mol. The zero-order valence-electron chi connectivity index (χ0n) is 16.8. The highest BCUT2D eigenvalue weighted by molar-refractivity contribution is 6.00. The number of pyridine rings is 1. The molecule has 1 heterocycles. The van der Waals surface area contributed by atoms with Crippen LogP contribution in [-0.2, 0) is 4.74 Å². The summed E-state index contributed by atoms with van der Waals surface area (Å²) in [6, 6.07) is 5.93. The summed E-state index contributed by atoms with van der Waals surface area (Å²) in [5.74, 6) is -0.825. The van der Waals surface area contributed by atoms with Crippen molar-refractivity contribution in [2.24, 2.45) is 0 Å². The van der Waals surface area contributed by atoms with Crippen molar-refractivity contribution < 1.29 is 19.0 Å². The van der Waals surface area contributed by atoms with Gasteiger partial charge in [0.25, 0.3) is 0 Å². The molecule has 0 fully saturated rings. The molecule has 2 rings (SSSR count). The van der Waals surface area contributed by atoms with Gasteiger partial charge in [-0.2, -0.15) is 0 Å². The van der Waals surface area contributed by atoms with E-state index in [0.29, 0.717) is 27.9 Å². The van der Waals surface area contributed by atoms with Crippen molar-refractivity contribution in [3.63, 3.8) is 0 Å². The van der Waals surface area contributed by atoms with Crippen LogP contribution in [0.25, 0.3) is 11.1 Å². The van der Waals surface area contributed by atoms with Crippen LogP contribution in [0.3, 0.4) is 0 Å². The highest BCUT2D eigenvalue weighted by Crippen LogP contribution is 2.39. The molecule has 1 aromatic heterocycles. The first-order valence-electron chi connectivity index (χ1n) is 9.37. The van der Waals surface area contributed by atoms with Gasteiger partial charge >= 0.3 is 5.97 Å². The molecule has 1 unspecified atom stereocenters. The van der Waals surface area contributed by atoms with E-state index in [1.807, 2.05) is 27.7 Å². The fourth-order valence-electron chi connectivity index (χ4n) is 3.24. The summed E-state index contributed by atoms with van der Waals surface area (Å²) in [5, 5.41) is 10.5. The van der Waals surface area contributed by atoms with Gasteiger partial charge in [-0.05, 0) is 43.4 Å². The third-order valence-electron chi connectivity index (χ3n) is 4.42. The van der Waals surface area contributed by atoms with E-state index in [9.17, 15) is 14.3 Å². The molecule has 0 saturated heterocycles. The van der Waals surface area contributed by atoms with Gasteiger partial charge in [-0.3, -0.25) is 4.98 Å². The van der Waals surface area contributed by atoms with Gasteiger partial charge in [0.05, 0.1) is 24.0 Å². The Morgan fingerprint density at radius 3 is 2.07 bits per heavy atom. The summed E-state index contributed by atoms with van der Waals surface area (Å²) in [5.41, 5.74) is 3.53. The number of esters is 1. The summed E-state index contributed by atoms with van der Waals surface area (Å²) >= 11 is 0. The molecule has 4 nitrogen and oxygen atoms in total. The van der Waals surface area contributed by atoms with Crippen molar-refractivity contribution in [3.05, 3.63) is 52.6 Å². The summed E-state index contributed by atoms with van der Waals surface area (Å²) < 4.78 is 18.8. The van der Waals surface area contributed by atoms with E-state index < -0.39 is 12.1 Å². The Balaban J connectivity index is 3.00. The molecule has 2 aromatic rings. The average molecular weight is 373 g/mol. The molecule has 146 valence electrons. The van der Waals surface area contributed by atoms with E-state index in [2.05, 4.69) is 0 Å². The minimum absolute atomic E-state index is 0.0239. The lowest BCUT2D eigenvalue weighted by atomic mass is 9.85. The molecule has 1 atom stereocenters. The normalized spacial score (nSPS) is 12.5. The van der Waals surface area contributed by atoms with Crippen LogP contribution >= 0.6 is 0 Å². The summed E-state index contributed by atoms with van der Waals surface area (Å²) in [6.07, 6.45) is -0.843. The topological polar surface area (TPSA) is 59.4 Å². The molecule has 5 heteroatoms. The van der Waals surface area contributed by atoms with Crippen molar-refractivity contribution >= 4 is 5.97 Å². The van der Waals surface area contributed by atoms with Gasteiger partial charge < -0.3 is 9.84 Å². The fourth-order valence-corrected chi connectivity index (χ4v) is 3.24. The number of hydrogen-bond donors (Lipinski definition) is 1. The molecule has 0 radical (unpaired) electrons. The molecule has 0 spiro atoms. The second kappa shape index (κ2) is 8.61. The van der Waals surface area contributed by atoms with Crippen LogP contribution in [-0.4, -0.2) is 22.7 Å². The molecule has 0 aliphatic heterocycles. The molecule has 27 heavy (non-hydrogen) atoms. The van der Waals surface area contributed by atoms with E-state index >= 15 is 0 Å². The largest absolute Gasteiger partial charge is 0.462 e. The second-order valence-corrected chi connectivity index (χ2v) is 7.26. The van der Waals surface area contributed by atoms with Gasteiger partial charge in [0.15, 0.2) is 0 Å². The Morgan fingerprint density at radius 2 is 1.63 bits per heavy atom. The number of halogens is 1. The fraction of sp³-hybridized carbons (Fsp3) is 0.455. The van der Waals surface area contributed by atoms with Gasteiger partial charge in [0, 0.05) is 16.8 Å². The van der Waals surface area contributed by atoms with Gasteiger partial charge in [-0.25, -0.2) is 9.18 Å². The van der Waals surface area contributed by atoms with E-state index in [1.165, 1.54) is 12.1 Å². The molecule has 0 aliphatic rings. The predicted molar refractivity (Wildman–Crippen MR) is 104 cm³/mol. The summed E-state index contributed by atoms with van der Waals surface area (Å²) in [7, 11) is 0. The van der Waals surface area contributed by atoms with Gasteiger partial charge in [0.1, 0.15) is 5.82 Å². The number of aromatic nitrogens is 1. The summed E-state index contributed by atoms with van der Waals surface area (Å²) in [6.45, 7) is 11.6. The smallest absolute Gasteiger partial charge is 0.340 e. The molecule has 1 N–H and O–H groups in total. The van der Waals surface area contributed by atoms with Crippen LogP contribution in [0.15, 0.2) is 24.3 Å². The van der Waals surface area contributed by atoms with Crippen LogP contribution in [0, 0.1) is 5.82 Å². The van der Waals surface area contributed by atoms with Crippen LogP contribution in [0.1, 0.15) is 86.8 Å². The van der Waals surface area contributed by atoms with Crippen molar-refractivity contribution in [2.75, 3.05) is 6.61 Å². The van der Waals surface area contributed by atoms with Crippen molar-refractivity contribution in [2.45, 2.75) is 59.5 Å². The first kappa shape index (κ1) is 21.0. The van der Waals surface area contributed by atoms with Crippen molar-refractivity contribution in [1.29, 1.82) is 0 Å². The maximum atomic E-state index is 13.5. The van der Waals surface area contributed by atoms with Crippen LogP contribution in [0.2, 0.25) is 0 Å². The lowest BCUT2D eigenvalue weighted by Gasteiger charge is -2.25. The third kappa shape index (κ3) is 4.35. The Kier molecular flexibility index (Phi) is 6.71. The van der Waals surface area contributed by atoms with E-state index in [1.54, 1.807) is 26.0 Å². The first-order chi connectivity index (χ1) is 12.7. The van der Waals surface area contributed by atoms with E-state index in [-0.39, 0.29) is 24.3 Å². The zero-order chi connectivity index (χ0) is 20.3. The number of carbonyl (C=O) groups is 1. The van der Waals surface area contributed by atoms with Crippen LogP contribution in [0.4, 0.5) is 4.39 Å². The number of ether oxygens (including phenoxy) is 1. The number of benzene rings is 1. The number of aliphatic hydroxyl groups is 1. The number of carbonyl (C=O) groups excluding carboxylic acids is 1. The van der Waals surface area contributed by atoms with E-state index in [0.717, 1.165) is 5.69 Å². The van der Waals surface area contributed by atoms with E-state index in [4.69, 9.17) is 9.72 Å². The Labute approximate surface area is 160 Å². The molecular formula is C22H28FNO3. The van der Waals surface area contributed by atoms with Gasteiger partial charge in [-0.1, -0.05) is 39.8 Å². The predicted octanol–water partition coefficient (Wildman–Crippen LogP) is 5.36. The standard InChI is InChI=1S/C22H28FNO3/c1-7-27-22(26)19-18(15-8-10-16(23)11-9-15)17(14(6)25)20(12(2)3)24-21(19)13(4)5/h8-14,25H,7H2,1-6H3. The van der Waals surface area contributed by atoms with Crippen molar-refractivity contribution in [3.8, 4) is 11.1 Å². The maximum absolute atomic E-state index is 13.5. The summed E-state index contributed by atoms with van der Waals surface area (Å²) in [4.78, 5) is 17.6. The SMILES string of the molecule is CCOC(=O)c1c(C(C)C)nc(C(C)C)c(C(C)O)c1-c1ccc(F)cc1. The Hall–Kier alpha value is -2.27. The quantitative estimate of drug-likeness (QED) is 0.692. The number of aliphatic hydroxyl groups excluding tert-OH is 1. The average Bonchev–Trinajstić information content (AvgIpc) is 2.60. The van der Waals surface area contributed by atoms with Gasteiger partial charge in [0.2, 0.25) is 0 Å². The minimum atomic E-state index is -0.843. The van der Waals surface area contributed by atoms with Gasteiger partial charge in [-0.15, -0.1) is 0 Å². The van der Waals surface area contributed by atoms with Crippen LogP contribution < -0.4 is 0 Å². The molecule has 0 amide bonds. The first-order valence-corrected chi connectivity index (χ1v) is 9.37. The zero-order valence-corrected chi connectivity index (χ0v) is 16.8. The molecule has 1 aromatic carbocycles. The number of rotatable bonds is 6. The van der Waals surface area contributed by atoms with Crippen LogP contribution in [0.5, 0.6) is 0 Å². The maximum Gasteiger partial charge on any atom is 0.340 e. The lowest BCUT2D eigenvalue weighted by Crippen LogP contribution is -2.18. The Morgan fingerprint density at radius 1 is 1.07 bits per heavy atom. The highest BCUT2D eigenvalue weighted by atomic mass is 19.1. The monoisotopic (exact) mass is 373 g/mol. The number of nitrogens with zero attached hydrogens (tertiary/aromatic N) is 1. The second-order valence-electron chi connectivity index (χ2n) is 7.26. The minimum Gasteiger partial charge on any atom is -0.462 e. The van der Waals surface area contributed by atoms with Crippen molar-refractivity contribution in [1.82, 2.24) is 4.98 Å². The number of hydrogen-bond acceptors (Lipinski definition) is 4. The third-order valence-corrected chi connectivity index (χ3v) is 4.42. The highest BCUT2D eigenvalue weighted by Gasteiger charge is 2.30. The molecule has 0 saturated carbocycles.